The van der Waals surface area contributed by atoms with Crippen LogP contribution in [0.3, 0.4) is 0 Å². The number of nitrogens with zero attached hydrogens (tertiary/aromatic N) is 2. The number of amides is 1. The summed E-state index contributed by atoms with van der Waals surface area (Å²) in [5, 5.41) is 6.85. The fourth-order valence-electron chi connectivity index (χ4n) is 2.58. The molecule has 0 aliphatic rings. The van der Waals surface area contributed by atoms with E-state index in [-0.39, 0.29) is 6.54 Å². The Hall–Kier alpha value is -3.68. The van der Waals surface area contributed by atoms with Crippen molar-refractivity contribution in [2.45, 2.75) is 6.54 Å². The molecule has 7 nitrogen and oxygen atoms in total. The molecule has 0 unspecified atom stereocenters. The number of aromatic nitrogens is 2. The summed E-state index contributed by atoms with van der Waals surface area (Å²) in [4.78, 5) is 24.3. The zero-order valence-electron chi connectivity index (χ0n) is 15.3. The van der Waals surface area contributed by atoms with Crippen LogP contribution >= 0.6 is 0 Å². The highest BCUT2D eigenvalue weighted by molar-refractivity contribution is 5.90. The number of hydrogen-bond acceptors (Lipinski definition) is 5. The highest BCUT2D eigenvalue weighted by Crippen LogP contribution is 2.31. The molecule has 0 saturated carbocycles. The van der Waals surface area contributed by atoms with E-state index in [1.165, 1.54) is 44.6 Å². The summed E-state index contributed by atoms with van der Waals surface area (Å²) in [6.45, 7) is -0.280. The first-order valence-corrected chi connectivity index (χ1v) is 8.36. The smallest absolute Gasteiger partial charge is 0.267 e. The molecule has 8 heteroatoms. The predicted molar refractivity (Wildman–Crippen MR) is 102 cm³/mol. The molecule has 1 N–H and O–H groups in total. The molecule has 0 saturated heterocycles. The molecule has 1 aromatic heterocycles. The van der Waals surface area contributed by atoms with Crippen molar-refractivity contribution in [1.82, 2.24) is 9.78 Å². The van der Waals surface area contributed by atoms with Gasteiger partial charge >= 0.3 is 0 Å². The number of benzene rings is 2. The Labute approximate surface area is 160 Å². The van der Waals surface area contributed by atoms with Crippen molar-refractivity contribution in [3.63, 3.8) is 0 Å². The number of rotatable bonds is 6. The summed E-state index contributed by atoms with van der Waals surface area (Å²) >= 11 is 0. The number of carbonyl (C=O) groups excluding carboxylic acids is 1. The van der Waals surface area contributed by atoms with E-state index in [0.29, 0.717) is 28.4 Å². The van der Waals surface area contributed by atoms with Crippen molar-refractivity contribution in [3.05, 3.63) is 70.8 Å². The largest absolute Gasteiger partial charge is 0.493 e. The third-order valence-electron chi connectivity index (χ3n) is 3.97. The molecule has 3 aromatic rings. The van der Waals surface area contributed by atoms with Gasteiger partial charge in [0.1, 0.15) is 12.4 Å². The van der Waals surface area contributed by atoms with Crippen LogP contribution < -0.4 is 20.3 Å². The van der Waals surface area contributed by atoms with Gasteiger partial charge in [-0.2, -0.15) is 5.10 Å². The molecule has 2 aromatic carbocycles. The van der Waals surface area contributed by atoms with Gasteiger partial charge in [-0.25, -0.2) is 9.07 Å². The third-order valence-corrected chi connectivity index (χ3v) is 3.97. The summed E-state index contributed by atoms with van der Waals surface area (Å²) in [6.07, 6.45) is 0. The molecule has 0 aliphatic carbocycles. The number of methoxy groups -OCH3 is 2. The Morgan fingerprint density at radius 1 is 1.04 bits per heavy atom. The van der Waals surface area contributed by atoms with Crippen molar-refractivity contribution in [2.24, 2.45) is 0 Å². The zero-order valence-corrected chi connectivity index (χ0v) is 15.3. The monoisotopic (exact) mass is 383 g/mol. The average Bonchev–Trinajstić information content (AvgIpc) is 2.70. The quantitative estimate of drug-likeness (QED) is 0.708. The Bertz CT molecular complexity index is 1050. The second-order valence-electron chi connectivity index (χ2n) is 5.84. The maximum Gasteiger partial charge on any atom is 0.267 e. The molecule has 0 spiro atoms. The third kappa shape index (κ3) is 4.35. The molecule has 0 fully saturated rings. The van der Waals surface area contributed by atoms with E-state index in [1.807, 2.05) is 0 Å². The van der Waals surface area contributed by atoms with Gasteiger partial charge in [0.15, 0.2) is 11.5 Å². The number of halogens is 1. The highest BCUT2D eigenvalue weighted by Gasteiger charge is 2.11. The summed E-state index contributed by atoms with van der Waals surface area (Å²) in [5.41, 5.74) is 1.20. The van der Waals surface area contributed by atoms with Gasteiger partial charge < -0.3 is 14.8 Å². The number of ether oxygens (including phenoxy) is 2. The molecule has 1 heterocycles. The van der Waals surface area contributed by atoms with Crippen LogP contribution in [0.25, 0.3) is 11.3 Å². The minimum absolute atomic E-state index is 0.280. The van der Waals surface area contributed by atoms with Gasteiger partial charge in [-0.15, -0.1) is 0 Å². The molecule has 0 atom stereocenters. The molecule has 1 amide bonds. The van der Waals surface area contributed by atoms with Gasteiger partial charge in [0.2, 0.25) is 5.91 Å². The first-order valence-electron chi connectivity index (χ1n) is 8.36. The number of nitrogens with one attached hydrogen (secondary N) is 1. The second-order valence-corrected chi connectivity index (χ2v) is 5.84. The van der Waals surface area contributed by atoms with Crippen molar-refractivity contribution >= 4 is 11.6 Å². The van der Waals surface area contributed by atoms with Crippen LogP contribution in [0.1, 0.15) is 0 Å². The fourth-order valence-corrected chi connectivity index (χ4v) is 2.58. The van der Waals surface area contributed by atoms with Crippen molar-refractivity contribution < 1.29 is 18.7 Å². The van der Waals surface area contributed by atoms with Gasteiger partial charge in [-0.3, -0.25) is 9.59 Å². The molecular weight excluding hydrogens is 365 g/mol. The van der Waals surface area contributed by atoms with E-state index in [1.54, 1.807) is 24.3 Å². The van der Waals surface area contributed by atoms with Gasteiger partial charge in [0.05, 0.1) is 19.9 Å². The summed E-state index contributed by atoms with van der Waals surface area (Å²) < 4.78 is 24.5. The van der Waals surface area contributed by atoms with Crippen molar-refractivity contribution in [3.8, 4) is 22.8 Å². The minimum Gasteiger partial charge on any atom is -0.493 e. The minimum atomic E-state index is -0.453. The molecular formula is C20H18FN3O4. The van der Waals surface area contributed by atoms with Gasteiger partial charge in [-0.05, 0) is 48.5 Å². The first-order chi connectivity index (χ1) is 13.5. The Morgan fingerprint density at radius 3 is 2.43 bits per heavy atom. The number of anilines is 1. The summed E-state index contributed by atoms with van der Waals surface area (Å²) in [5.74, 6) is 0.232. The molecule has 0 radical (unpaired) electrons. The lowest BCUT2D eigenvalue weighted by atomic mass is 10.1. The van der Waals surface area contributed by atoms with Gasteiger partial charge in [0, 0.05) is 17.3 Å². The maximum absolute atomic E-state index is 12.9. The van der Waals surface area contributed by atoms with E-state index in [4.69, 9.17) is 9.47 Å². The van der Waals surface area contributed by atoms with Crippen LogP contribution in [-0.2, 0) is 11.3 Å². The summed E-state index contributed by atoms with van der Waals surface area (Å²) in [6, 6.07) is 13.5. The number of hydrogen-bond donors (Lipinski definition) is 1. The Morgan fingerprint density at radius 2 is 1.75 bits per heavy atom. The van der Waals surface area contributed by atoms with Crippen LogP contribution in [0, 0.1) is 5.82 Å². The van der Waals surface area contributed by atoms with E-state index in [2.05, 4.69) is 10.4 Å². The van der Waals surface area contributed by atoms with Crippen LogP contribution in [0.4, 0.5) is 10.1 Å². The van der Waals surface area contributed by atoms with Gasteiger partial charge in [-0.1, -0.05) is 0 Å². The Kier molecular flexibility index (Phi) is 5.69. The second kappa shape index (κ2) is 8.34. The van der Waals surface area contributed by atoms with Crippen molar-refractivity contribution in [2.75, 3.05) is 19.5 Å². The lowest BCUT2D eigenvalue weighted by Crippen LogP contribution is -2.29. The SMILES string of the molecule is COc1ccc(-c2ccc(=O)n(CC(=O)Nc3ccc(F)cc3)n2)cc1OC. The lowest BCUT2D eigenvalue weighted by Gasteiger charge is -2.11. The molecule has 0 aliphatic heterocycles. The normalized spacial score (nSPS) is 10.4. The molecule has 28 heavy (non-hydrogen) atoms. The van der Waals surface area contributed by atoms with E-state index in [9.17, 15) is 14.0 Å². The van der Waals surface area contributed by atoms with E-state index >= 15 is 0 Å². The van der Waals surface area contributed by atoms with Crippen LogP contribution in [0.5, 0.6) is 11.5 Å². The standard InChI is InChI=1S/C20H18FN3O4/c1-27-17-9-3-13(11-18(17)28-2)16-8-10-20(26)24(23-16)12-19(25)22-15-6-4-14(21)5-7-15/h3-11H,12H2,1-2H3,(H,22,25). The molecule has 3 rings (SSSR count). The molecule has 144 valence electrons. The van der Waals surface area contributed by atoms with Crippen LogP contribution in [-0.4, -0.2) is 29.9 Å². The molecule has 0 bridgehead atoms. The van der Waals surface area contributed by atoms with E-state index in [0.717, 1.165) is 4.68 Å². The lowest BCUT2D eigenvalue weighted by molar-refractivity contribution is -0.117. The Balaban J connectivity index is 1.82. The predicted octanol–water partition coefficient (Wildman–Crippen LogP) is 2.71. The average molecular weight is 383 g/mol. The summed E-state index contributed by atoms with van der Waals surface area (Å²) in [7, 11) is 3.06. The van der Waals surface area contributed by atoms with Crippen molar-refractivity contribution in [1.29, 1.82) is 0 Å². The maximum atomic E-state index is 12.9. The van der Waals surface area contributed by atoms with Crippen LogP contribution in [0.2, 0.25) is 0 Å². The topological polar surface area (TPSA) is 82.5 Å². The fraction of sp³-hybridized carbons (Fsp3) is 0.150. The highest BCUT2D eigenvalue weighted by atomic mass is 19.1. The first kappa shape index (κ1) is 19.1. The zero-order chi connectivity index (χ0) is 20.1. The van der Waals surface area contributed by atoms with Crippen LogP contribution in [0.15, 0.2) is 59.4 Å². The van der Waals surface area contributed by atoms with Gasteiger partial charge in [0.25, 0.3) is 5.56 Å². The number of carbonyl (C=O) groups is 1. The van der Waals surface area contributed by atoms with E-state index < -0.39 is 17.3 Å².